The van der Waals surface area contributed by atoms with Gasteiger partial charge >= 0.3 is 0 Å². The predicted molar refractivity (Wildman–Crippen MR) is 75.3 cm³/mol. The number of hydrogen-bond donors (Lipinski definition) is 1. The maximum absolute atomic E-state index is 5.77. The van der Waals surface area contributed by atoms with Gasteiger partial charge in [0.15, 0.2) is 11.5 Å². The molecule has 0 fully saturated rings. The zero-order valence-electron chi connectivity index (χ0n) is 11.5. The topological polar surface area (TPSA) is 30.5 Å². The van der Waals surface area contributed by atoms with Gasteiger partial charge in [-0.1, -0.05) is 25.1 Å². The van der Waals surface area contributed by atoms with Crippen LogP contribution in [0.25, 0.3) is 0 Å². The Bertz CT molecular complexity index is 379. The van der Waals surface area contributed by atoms with Gasteiger partial charge in [-0.25, -0.2) is 0 Å². The van der Waals surface area contributed by atoms with Crippen LogP contribution in [0.5, 0.6) is 11.5 Å². The second-order valence-electron chi connectivity index (χ2n) is 4.64. The van der Waals surface area contributed by atoms with E-state index < -0.39 is 0 Å². The highest BCUT2D eigenvalue weighted by Crippen LogP contribution is 2.27. The third kappa shape index (κ3) is 4.08. The summed E-state index contributed by atoms with van der Waals surface area (Å²) in [5, 5.41) is 3.18. The molecule has 0 aromatic heterocycles. The summed E-state index contributed by atoms with van der Waals surface area (Å²) in [6.07, 6.45) is 2.89. The molecule has 3 nitrogen and oxygen atoms in total. The summed E-state index contributed by atoms with van der Waals surface area (Å²) < 4.78 is 11.0. The molecule has 0 heterocycles. The molecule has 1 atom stereocenters. The van der Waals surface area contributed by atoms with Crippen LogP contribution in [0, 0.1) is 5.41 Å². The van der Waals surface area contributed by atoms with Crippen LogP contribution in [0.1, 0.15) is 13.3 Å². The van der Waals surface area contributed by atoms with Crippen LogP contribution < -0.4 is 14.8 Å². The van der Waals surface area contributed by atoms with Gasteiger partial charge < -0.3 is 14.8 Å². The Morgan fingerprint density at radius 2 is 2.00 bits per heavy atom. The predicted octanol–water partition coefficient (Wildman–Crippen LogP) is 2.88. The van der Waals surface area contributed by atoms with Crippen LogP contribution in [0.15, 0.2) is 36.9 Å². The van der Waals surface area contributed by atoms with Crippen LogP contribution in [0.4, 0.5) is 0 Å². The fourth-order valence-corrected chi connectivity index (χ4v) is 1.80. The van der Waals surface area contributed by atoms with E-state index in [1.165, 1.54) is 0 Å². The molecule has 0 spiro atoms. The highest BCUT2D eigenvalue weighted by atomic mass is 16.5. The van der Waals surface area contributed by atoms with Crippen LogP contribution in [-0.2, 0) is 0 Å². The Labute approximate surface area is 110 Å². The van der Waals surface area contributed by atoms with Gasteiger partial charge in [0.2, 0.25) is 0 Å². The van der Waals surface area contributed by atoms with Gasteiger partial charge in [-0.2, -0.15) is 0 Å². The minimum atomic E-state index is 0.0523. The quantitative estimate of drug-likeness (QED) is 0.719. The zero-order chi connectivity index (χ0) is 13.4. The van der Waals surface area contributed by atoms with Gasteiger partial charge in [-0.3, -0.25) is 0 Å². The number of hydrogen-bond acceptors (Lipinski definition) is 3. The Hall–Kier alpha value is -1.48. The zero-order valence-corrected chi connectivity index (χ0v) is 11.5. The molecule has 18 heavy (non-hydrogen) atoms. The van der Waals surface area contributed by atoms with Crippen LogP contribution in [0.2, 0.25) is 0 Å². The molecular weight excluding hydrogens is 226 g/mol. The molecule has 100 valence electrons. The van der Waals surface area contributed by atoms with E-state index in [-0.39, 0.29) is 5.41 Å². The molecule has 0 saturated heterocycles. The highest BCUT2D eigenvalue weighted by molar-refractivity contribution is 5.39. The lowest BCUT2D eigenvalue weighted by Crippen LogP contribution is -2.29. The Kier molecular flexibility index (Phi) is 5.72. The average Bonchev–Trinajstić information content (AvgIpc) is 2.39. The van der Waals surface area contributed by atoms with E-state index >= 15 is 0 Å². The van der Waals surface area contributed by atoms with Crippen molar-refractivity contribution in [1.82, 2.24) is 5.32 Å². The maximum Gasteiger partial charge on any atom is 0.161 e. The Balaban J connectivity index is 2.52. The van der Waals surface area contributed by atoms with Crippen molar-refractivity contribution in [3.05, 3.63) is 36.9 Å². The second-order valence-corrected chi connectivity index (χ2v) is 4.64. The minimum absolute atomic E-state index is 0.0523. The van der Waals surface area contributed by atoms with Crippen LogP contribution in [-0.4, -0.2) is 27.3 Å². The Morgan fingerprint density at radius 1 is 1.33 bits per heavy atom. The molecule has 1 aromatic rings. The largest absolute Gasteiger partial charge is 0.493 e. The molecule has 0 bridgehead atoms. The summed E-state index contributed by atoms with van der Waals surface area (Å²) in [5.41, 5.74) is 0.0523. The normalized spacial score (nSPS) is 13.7. The lowest BCUT2D eigenvalue weighted by Gasteiger charge is -2.25. The molecule has 1 rings (SSSR count). The van der Waals surface area contributed by atoms with E-state index in [0.29, 0.717) is 6.61 Å². The highest BCUT2D eigenvalue weighted by Gasteiger charge is 2.19. The third-order valence-electron chi connectivity index (χ3n) is 3.07. The molecule has 0 radical (unpaired) electrons. The van der Waals surface area contributed by atoms with Gasteiger partial charge in [0.1, 0.15) is 0 Å². The lowest BCUT2D eigenvalue weighted by atomic mass is 9.87. The first-order valence-electron chi connectivity index (χ1n) is 6.19. The molecule has 3 heteroatoms. The second kappa shape index (κ2) is 7.07. The molecule has 0 saturated carbocycles. The van der Waals surface area contributed by atoms with Crippen molar-refractivity contribution in [3.63, 3.8) is 0 Å². The van der Waals surface area contributed by atoms with Gasteiger partial charge in [0, 0.05) is 12.0 Å². The maximum atomic E-state index is 5.77. The summed E-state index contributed by atoms with van der Waals surface area (Å²) in [6, 6.07) is 7.69. The number of ether oxygens (including phenoxy) is 2. The first kappa shape index (κ1) is 14.6. The first-order chi connectivity index (χ1) is 8.65. The van der Waals surface area contributed by atoms with Crippen molar-refractivity contribution in [2.75, 3.05) is 27.3 Å². The number of methoxy groups -OCH3 is 1. The minimum Gasteiger partial charge on any atom is -0.493 e. The van der Waals surface area contributed by atoms with Gasteiger partial charge in [0.25, 0.3) is 0 Å². The number of benzene rings is 1. The lowest BCUT2D eigenvalue weighted by molar-refractivity contribution is 0.238. The van der Waals surface area contributed by atoms with Crippen LogP contribution in [0.3, 0.4) is 0 Å². The van der Waals surface area contributed by atoms with Gasteiger partial charge in [0.05, 0.1) is 13.7 Å². The van der Waals surface area contributed by atoms with E-state index in [0.717, 1.165) is 24.5 Å². The third-order valence-corrected chi connectivity index (χ3v) is 3.07. The molecule has 0 aliphatic heterocycles. The summed E-state index contributed by atoms with van der Waals surface area (Å²) in [4.78, 5) is 0. The van der Waals surface area contributed by atoms with Crippen molar-refractivity contribution in [2.45, 2.75) is 13.3 Å². The van der Waals surface area contributed by atoms with E-state index in [1.807, 2.05) is 37.4 Å². The molecule has 1 N–H and O–H groups in total. The van der Waals surface area contributed by atoms with Gasteiger partial charge in [-0.15, -0.1) is 6.58 Å². The molecule has 1 aromatic carbocycles. The molecule has 1 unspecified atom stereocenters. The van der Waals surface area contributed by atoms with Crippen LogP contribution >= 0.6 is 0 Å². The van der Waals surface area contributed by atoms with Crippen molar-refractivity contribution >= 4 is 0 Å². The van der Waals surface area contributed by atoms with E-state index in [9.17, 15) is 0 Å². The summed E-state index contributed by atoms with van der Waals surface area (Å²) in [7, 11) is 3.60. The monoisotopic (exact) mass is 249 g/mol. The van der Waals surface area contributed by atoms with Gasteiger partial charge in [-0.05, 0) is 25.6 Å². The number of para-hydroxylation sites is 2. The van der Waals surface area contributed by atoms with Crippen molar-refractivity contribution in [1.29, 1.82) is 0 Å². The standard InChI is InChI=1S/C15H23NO2/c1-5-15(2,12-16-3)10-11-18-14-9-7-6-8-13(14)17-4/h5-9,16H,1,10-12H2,2-4H3. The summed E-state index contributed by atoms with van der Waals surface area (Å²) in [6.45, 7) is 7.60. The SMILES string of the molecule is C=CC(C)(CCOc1ccccc1OC)CNC. The molecular formula is C15H23NO2. The van der Waals surface area contributed by atoms with E-state index in [1.54, 1.807) is 7.11 Å². The number of nitrogens with one attached hydrogen (secondary N) is 1. The fraction of sp³-hybridized carbons (Fsp3) is 0.467. The van der Waals surface area contributed by atoms with Crippen molar-refractivity contribution in [3.8, 4) is 11.5 Å². The molecule has 0 aliphatic carbocycles. The smallest absolute Gasteiger partial charge is 0.161 e. The van der Waals surface area contributed by atoms with Crippen molar-refractivity contribution < 1.29 is 9.47 Å². The molecule has 0 amide bonds. The summed E-state index contributed by atoms with van der Waals surface area (Å²) >= 11 is 0. The summed E-state index contributed by atoms with van der Waals surface area (Å²) in [5.74, 6) is 1.56. The average molecular weight is 249 g/mol. The molecule has 0 aliphatic rings. The first-order valence-corrected chi connectivity index (χ1v) is 6.19. The number of rotatable bonds is 8. The Morgan fingerprint density at radius 3 is 2.56 bits per heavy atom. The van der Waals surface area contributed by atoms with E-state index in [2.05, 4.69) is 18.8 Å². The fourth-order valence-electron chi connectivity index (χ4n) is 1.80. The van der Waals surface area contributed by atoms with Crippen molar-refractivity contribution in [2.24, 2.45) is 5.41 Å². The van der Waals surface area contributed by atoms with E-state index in [4.69, 9.17) is 9.47 Å².